The van der Waals surface area contributed by atoms with E-state index in [1.54, 1.807) is 6.21 Å². The maximum Gasteiger partial charge on any atom is 0.0992 e. The van der Waals surface area contributed by atoms with Gasteiger partial charge in [0.1, 0.15) is 0 Å². The molecular formula is C10H7N3S. The molecule has 0 unspecified atom stereocenters. The maximum atomic E-state index is 4.51. The zero-order valence-electron chi connectivity index (χ0n) is 7.27. The second-order valence-corrected chi connectivity index (χ2v) is 3.84. The number of nitrogens with one attached hydrogen (secondary N) is 1. The smallest absolute Gasteiger partial charge is 0.0992 e. The van der Waals surface area contributed by atoms with E-state index in [-0.39, 0.29) is 0 Å². The number of pyridine rings is 1. The van der Waals surface area contributed by atoms with Gasteiger partial charge < -0.3 is 0 Å². The van der Waals surface area contributed by atoms with Crippen molar-refractivity contribution in [1.29, 1.82) is 0 Å². The van der Waals surface area contributed by atoms with Gasteiger partial charge in [-0.15, -0.1) is 0 Å². The topological polar surface area (TPSA) is 37.3 Å². The van der Waals surface area contributed by atoms with Crippen LogP contribution >= 0.6 is 11.9 Å². The predicted octanol–water partition coefficient (Wildman–Crippen LogP) is 2.18. The van der Waals surface area contributed by atoms with Crippen molar-refractivity contribution in [3.8, 4) is 0 Å². The summed E-state index contributed by atoms with van der Waals surface area (Å²) >= 11 is 1.49. The van der Waals surface area contributed by atoms with Crippen molar-refractivity contribution in [3.63, 3.8) is 0 Å². The van der Waals surface area contributed by atoms with Crippen molar-refractivity contribution >= 4 is 29.1 Å². The van der Waals surface area contributed by atoms with Crippen LogP contribution in [0, 0.1) is 0 Å². The molecule has 3 rings (SSSR count). The highest BCUT2D eigenvalue weighted by atomic mass is 32.2. The Morgan fingerprint density at radius 3 is 3.14 bits per heavy atom. The fraction of sp³-hybridized carbons (Fsp3) is 0. The highest BCUT2D eigenvalue weighted by Gasteiger charge is 2.08. The molecule has 68 valence electrons. The summed E-state index contributed by atoms with van der Waals surface area (Å²) in [4.78, 5) is 8.48. The molecule has 1 aromatic carbocycles. The largest absolute Gasteiger partial charge is 0.247 e. The number of para-hydroxylation sites is 1. The van der Waals surface area contributed by atoms with E-state index in [9.17, 15) is 0 Å². The van der Waals surface area contributed by atoms with E-state index >= 15 is 0 Å². The molecule has 0 fully saturated rings. The molecule has 2 aromatic rings. The molecule has 0 atom stereocenters. The molecule has 2 heterocycles. The van der Waals surface area contributed by atoms with Crippen LogP contribution in [-0.2, 0) is 0 Å². The third kappa shape index (κ3) is 1.15. The van der Waals surface area contributed by atoms with Gasteiger partial charge in [0.25, 0.3) is 0 Å². The highest BCUT2D eigenvalue weighted by Crippen LogP contribution is 2.24. The van der Waals surface area contributed by atoms with Crippen molar-refractivity contribution in [2.75, 3.05) is 0 Å². The molecule has 0 saturated heterocycles. The van der Waals surface area contributed by atoms with E-state index in [2.05, 4.69) is 27.0 Å². The van der Waals surface area contributed by atoms with E-state index in [1.165, 1.54) is 11.9 Å². The first kappa shape index (κ1) is 7.82. The van der Waals surface area contributed by atoms with E-state index in [0.29, 0.717) is 0 Å². The third-order valence-electron chi connectivity index (χ3n) is 2.11. The second kappa shape index (κ2) is 2.99. The second-order valence-electron chi connectivity index (χ2n) is 3.02. The molecular weight excluding hydrogens is 194 g/mol. The first-order valence-electron chi connectivity index (χ1n) is 4.28. The first-order chi connectivity index (χ1) is 6.93. The summed E-state index contributed by atoms with van der Waals surface area (Å²) in [5.41, 5.74) is 1.95. The minimum atomic E-state index is 0.937. The van der Waals surface area contributed by atoms with Crippen LogP contribution in [0.4, 0.5) is 0 Å². The number of benzene rings is 1. The van der Waals surface area contributed by atoms with Gasteiger partial charge in [-0.2, -0.15) is 5.10 Å². The summed E-state index contributed by atoms with van der Waals surface area (Å²) < 4.78 is 0. The monoisotopic (exact) mass is 201 g/mol. The number of nitrogens with zero attached hydrogens (tertiary/aromatic N) is 2. The van der Waals surface area contributed by atoms with E-state index < -0.39 is 0 Å². The van der Waals surface area contributed by atoms with Gasteiger partial charge in [0.05, 0.1) is 22.3 Å². The molecule has 0 bridgehead atoms. The Balaban J connectivity index is 2.34. The lowest BCUT2D eigenvalue weighted by atomic mass is 10.2. The molecule has 0 amide bonds. The molecule has 1 aliphatic heterocycles. The minimum Gasteiger partial charge on any atom is -0.247 e. The Morgan fingerprint density at radius 2 is 2.14 bits per heavy atom. The van der Waals surface area contributed by atoms with Crippen LogP contribution in [0.3, 0.4) is 0 Å². The van der Waals surface area contributed by atoms with Gasteiger partial charge in [0.2, 0.25) is 0 Å². The molecule has 0 saturated carbocycles. The van der Waals surface area contributed by atoms with E-state index in [4.69, 9.17) is 0 Å². The number of hydrogen-bond donors (Lipinski definition) is 1. The van der Waals surface area contributed by atoms with Crippen LogP contribution in [0.5, 0.6) is 0 Å². The first-order valence-corrected chi connectivity index (χ1v) is 5.10. The van der Waals surface area contributed by atoms with Gasteiger partial charge in [-0.25, -0.2) is 9.82 Å². The van der Waals surface area contributed by atoms with Crippen LogP contribution in [0.2, 0.25) is 0 Å². The quantitative estimate of drug-likeness (QED) is 0.664. The maximum absolute atomic E-state index is 4.51. The van der Waals surface area contributed by atoms with Gasteiger partial charge >= 0.3 is 0 Å². The van der Waals surface area contributed by atoms with Crippen LogP contribution in [0.25, 0.3) is 10.9 Å². The van der Waals surface area contributed by atoms with Gasteiger partial charge in [-0.1, -0.05) is 18.2 Å². The summed E-state index contributed by atoms with van der Waals surface area (Å²) in [7, 11) is 0. The van der Waals surface area contributed by atoms with Crippen LogP contribution in [0.15, 0.2) is 40.3 Å². The number of rotatable bonds is 0. The average molecular weight is 201 g/mol. The molecule has 1 N–H and O–H groups in total. The molecule has 0 radical (unpaired) electrons. The summed E-state index contributed by atoms with van der Waals surface area (Å²) in [5.74, 6) is 0. The molecule has 0 spiro atoms. The minimum absolute atomic E-state index is 0.937. The summed E-state index contributed by atoms with van der Waals surface area (Å²) in [6.45, 7) is 0. The standard InChI is InChI=1S/C10H7N3S/c1-2-4-8-7(3-1)5-10-9(12-8)6-11-13-14-10/h1-6,13H. The van der Waals surface area contributed by atoms with Gasteiger partial charge in [0, 0.05) is 17.3 Å². The Morgan fingerprint density at radius 1 is 1.21 bits per heavy atom. The normalized spacial score (nSPS) is 13.7. The predicted molar refractivity (Wildman–Crippen MR) is 58.3 cm³/mol. The number of hydrazone groups is 1. The van der Waals surface area contributed by atoms with E-state index in [0.717, 1.165) is 21.5 Å². The van der Waals surface area contributed by atoms with Crippen molar-refractivity contribution in [2.45, 2.75) is 4.90 Å². The Bertz CT molecular complexity index is 522. The molecule has 4 heteroatoms. The Kier molecular flexibility index (Phi) is 1.67. The van der Waals surface area contributed by atoms with Crippen molar-refractivity contribution in [3.05, 3.63) is 36.0 Å². The van der Waals surface area contributed by atoms with Gasteiger partial charge in [-0.3, -0.25) is 0 Å². The van der Waals surface area contributed by atoms with Crippen LogP contribution < -0.4 is 4.83 Å². The van der Waals surface area contributed by atoms with Gasteiger partial charge in [0.15, 0.2) is 0 Å². The van der Waals surface area contributed by atoms with Crippen LogP contribution in [0.1, 0.15) is 5.69 Å². The van der Waals surface area contributed by atoms with Crippen LogP contribution in [-0.4, -0.2) is 11.2 Å². The average Bonchev–Trinajstić information content (AvgIpc) is 2.26. The lowest BCUT2D eigenvalue weighted by molar-refractivity contribution is 1.08. The molecule has 14 heavy (non-hydrogen) atoms. The Hall–Kier alpha value is -1.55. The number of aromatic nitrogens is 1. The van der Waals surface area contributed by atoms with E-state index in [1.807, 2.05) is 18.2 Å². The lowest BCUT2D eigenvalue weighted by Gasteiger charge is -2.09. The van der Waals surface area contributed by atoms with Crippen molar-refractivity contribution < 1.29 is 0 Å². The molecule has 3 nitrogen and oxygen atoms in total. The van der Waals surface area contributed by atoms with Gasteiger partial charge in [-0.05, 0) is 12.1 Å². The SMILES string of the molecule is C1=NNSc2cc3ccccc3nc21. The molecule has 1 aliphatic rings. The lowest BCUT2D eigenvalue weighted by Crippen LogP contribution is -2.04. The fourth-order valence-electron chi connectivity index (χ4n) is 1.45. The number of fused-ring (bicyclic) bond motifs is 2. The highest BCUT2D eigenvalue weighted by molar-refractivity contribution is 7.97. The molecule has 0 aliphatic carbocycles. The molecule has 1 aromatic heterocycles. The number of hydrogen-bond acceptors (Lipinski definition) is 4. The van der Waals surface area contributed by atoms with Crippen molar-refractivity contribution in [2.24, 2.45) is 5.10 Å². The Labute approximate surface area is 85.4 Å². The zero-order valence-corrected chi connectivity index (χ0v) is 8.08. The zero-order chi connectivity index (χ0) is 9.38. The summed E-state index contributed by atoms with van der Waals surface area (Å²) in [6.07, 6.45) is 1.75. The van der Waals surface area contributed by atoms with Crippen molar-refractivity contribution in [1.82, 2.24) is 9.82 Å². The summed E-state index contributed by atoms with van der Waals surface area (Å²) in [5, 5.41) is 5.11. The fourth-order valence-corrected chi connectivity index (χ4v) is 2.04. The summed E-state index contributed by atoms with van der Waals surface area (Å²) in [6, 6.07) is 10.2. The third-order valence-corrected chi connectivity index (χ3v) is 2.86.